The molecule has 3 amide bonds. The van der Waals surface area contributed by atoms with E-state index in [0.717, 1.165) is 19.5 Å². The minimum Gasteiger partial charge on any atom is -0.351 e. The van der Waals surface area contributed by atoms with Crippen molar-refractivity contribution >= 4 is 17.6 Å². The van der Waals surface area contributed by atoms with Gasteiger partial charge in [-0.2, -0.15) is 0 Å². The fraction of sp³-hybridized carbons (Fsp3) is 0.385. The molecule has 0 atom stereocenters. The van der Waals surface area contributed by atoms with Crippen molar-refractivity contribution in [1.82, 2.24) is 10.6 Å². The standard InChI is InChI=1S/C13H20N4O2/c1-2-7-15-8-9-16-12(18)10-3-5-11(6-4-10)17-13(14)19/h3-6,15H,2,7-9H2,1H3,(H,16,18)(H3,14,17,19). The first-order valence-corrected chi connectivity index (χ1v) is 6.29. The molecule has 0 aliphatic carbocycles. The minimum atomic E-state index is -0.626. The van der Waals surface area contributed by atoms with Crippen molar-refractivity contribution in [2.45, 2.75) is 13.3 Å². The highest BCUT2D eigenvalue weighted by Gasteiger charge is 2.04. The maximum Gasteiger partial charge on any atom is 0.316 e. The number of carbonyl (C=O) groups is 2. The van der Waals surface area contributed by atoms with E-state index >= 15 is 0 Å². The molecule has 0 saturated heterocycles. The van der Waals surface area contributed by atoms with E-state index in [-0.39, 0.29) is 5.91 Å². The lowest BCUT2D eigenvalue weighted by Crippen LogP contribution is -2.32. The monoisotopic (exact) mass is 264 g/mol. The average molecular weight is 264 g/mol. The number of anilines is 1. The average Bonchev–Trinajstić information content (AvgIpc) is 2.38. The number of hydrogen-bond acceptors (Lipinski definition) is 3. The van der Waals surface area contributed by atoms with Crippen LogP contribution in [0.25, 0.3) is 0 Å². The number of nitrogens with one attached hydrogen (secondary N) is 3. The fourth-order valence-corrected chi connectivity index (χ4v) is 1.52. The lowest BCUT2D eigenvalue weighted by atomic mass is 10.2. The number of benzene rings is 1. The Morgan fingerprint density at radius 1 is 1.11 bits per heavy atom. The summed E-state index contributed by atoms with van der Waals surface area (Å²) < 4.78 is 0. The van der Waals surface area contributed by atoms with Crippen LogP contribution in [-0.2, 0) is 0 Å². The molecule has 0 bridgehead atoms. The van der Waals surface area contributed by atoms with E-state index in [4.69, 9.17) is 5.73 Å². The highest BCUT2D eigenvalue weighted by Crippen LogP contribution is 2.08. The van der Waals surface area contributed by atoms with Gasteiger partial charge in [0.05, 0.1) is 0 Å². The van der Waals surface area contributed by atoms with Crippen LogP contribution in [0.3, 0.4) is 0 Å². The van der Waals surface area contributed by atoms with Gasteiger partial charge in [-0.3, -0.25) is 4.79 Å². The molecule has 0 fully saturated rings. The number of urea groups is 1. The molecule has 1 aromatic rings. The Balaban J connectivity index is 2.38. The van der Waals surface area contributed by atoms with Crippen LogP contribution in [-0.4, -0.2) is 31.6 Å². The number of primary amides is 1. The molecule has 6 heteroatoms. The van der Waals surface area contributed by atoms with Gasteiger partial charge in [0, 0.05) is 24.3 Å². The van der Waals surface area contributed by atoms with E-state index in [2.05, 4.69) is 22.9 Å². The molecule has 0 aliphatic rings. The summed E-state index contributed by atoms with van der Waals surface area (Å²) in [5.41, 5.74) is 6.10. The molecule has 0 radical (unpaired) electrons. The van der Waals surface area contributed by atoms with Gasteiger partial charge in [-0.1, -0.05) is 6.92 Å². The number of carbonyl (C=O) groups excluding carboxylic acids is 2. The van der Waals surface area contributed by atoms with E-state index in [0.29, 0.717) is 17.8 Å². The van der Waals surface area contributed by atoms with Crippen molar-refractivity contribution in [3.63, 3.8) is 0 Å². The van der Waals surface area contributed by atoms with Gasteiger partial charge in [0.1, 0.15) is 0 Å². The Kier molecular flexibility index (Phi) is 6.38. The summed E-state index contributed by atoms with van der Waals surface area (Å²) >= 11 is 0. The van der Waals surface area contributed by atoms with E-state index in [1.807, 2.05) is 0 Å². The van der Waals surface area contributed by atoms with Crippen LogP contribution in [0.2, 0.25) is 0 Å². The van der Waals surface area contributed by atoms with Crippen molar-refractivity contribution in [1.29, 1.82) is 0 Å². The molecule has 0 aliphatic heterocycles. The van der Waals surface area contributed by atoms with Crippen LogP contribution in [0.1, 0.15) is 23.7 Å². The Labute approximate surface area is 112 Å². The predicted octanol–water partition coefficient (Wildman–Crippen LogP) is 0.907. The number of nitrogens with two attached hydrogens (primary N) is 1. The van der Waals surface area contributed by atoms with Crippen LogP contribution >= 0.6 is 0 Å². The van der Waals surface area contributed by atoms with Crippen LogP contribution in [0.15, 0.2) is 24.3 Å². The zero-order chi connectivity index (χ0) is 14.1. The SMILES string of the molecule is CCCNCCNC(=O)c1ccc(NC(N)=O)cc1. The molecule has 1 rings (SSSR count). The van der Waals surface area contributed by atoms with Gasteiger partial charge >= 0.3 is 6.03 Å². The van der Waals surface area contributed by atoms with Crippen LogP contribution in [0.4, 0.5) is 10.5 Å². The Hall–Kier alpha value is -2.08. The van der Waals surface area contributed by atoms with E-state index in [1.165, 1.54) is 0 Å². The van der Waals surface area contributed by atoms with Gasteiger partial charge in [0.2, 0.25) is 0 Å². The summed E-state index contributed by atoms with van der Waals surface area (Å²) in [5.74, 6) is -0.135. The molecule has 5 N–H and O–H groups in total. The first-order chi connectivity index (χ1) is 9.13. The molecule has 104 valence electrons. The smallest absolute Gasteiger partial charge is 0.316 e. The molecule has 6 nitrogen and oxygen atoms in total. The van der Waals surface area contributed by atoms with Gasteiger partial charge in [-0.25, -0.2) is 4.79 Å². The lowest BCUT2D eigenvalue weighted by molar-refractivity contribution is 0.0954. The second-order valence-electron chi connectivity index (χ2n) is 4.07. The minimum absolute atomic E-state index is 0.135. The van der Waals surface area contributed by atoms with E-state index < -0.39 is 6.03 Å². The van der Waals surface area contributed by atoms with Crippen molar-refractivity contribution < 1.29 is 9.59 Å². The van der Waals surface area contributed by atoms with Gasteiger partial charge < -0.3 is 21.7 Å². The summed E-state index contributed by atoms with van der Waals surface area (Å²) in [7, 11) is 0. The van der Waals surface area contributed by atoms with Crippen LogP contribution in [0, 0.1) is 0 Å². The van der Waals surface area contributed by atoms with Crippen LogP contribution in [0.5, 0.6) is 0 Å². The van der Waals surface area contributed by atoms with E-state index in [1.54, 1.807) is 24.3 Å². The Morgan fingerprint density at radius 2 is 1.79 bits per heavy atom. The molecule has 0 saturated carbocycles. The first-order valence-electron chi connectivity index (χ1n) is 6.29. The molecule has 1 aromatic carbocycles. The van der Waals surface area contributed by atoms with Crippen molar-refractivity contribution in [2.75, 3.05) is 25.0 Å². The normalized spacial score (nSPS) is 9.95. The van der Waals surface area contributed by atoms with Crippen molar-refractivity contribution in [3.05, 3.63) is 29.8 Å². The third-order valence-corrected chi connectivity index (χ3v) is 2.43. The lowest BCUT2D eigenvalue weighted by Gasteiger charge is -2.07. The molecular weight excluding hydrogens is 244 g/mol. The molecule has 0 heterocycles. The number of rotatable bonds is 7. The zero-order valence-corrected chi connectivity index (χ0v) is 11.0. The third-order valence-electron chi connectivity index (χ3n) is 2.43. The van der Waals surface area contributed by atoms with Crippen molar-refractivity contribution in [2.24, 2.45) is 5.73 Å². The van der Waals surface area contributed by atoms with E-state index in [9.17, 15) is 9.59 Å². The molecule has 19 heavy (non-hydrogen) atoms. The number of hydrogen-bond donors (Lipinski definition) is 4. The molecule has 0 unspecified atom stereocenters. The largest absolute Gasteiger partial charge is 0.351 e. The highest BCUT2D eigenvalue weighted by molar-refractivity contribution is 5.95. The van der Waals surface area contributed by atoms with Crippen LogP contribution < -0.4 is 21.7 Å². The summed E-state index contributed by atoms with van der Waals surface area (Å²) in [5, 5.41) is 8.44. The summed E-state index contributed by atoms with van der Waals surface area (Å²) in [6.07, 6.45) is 1.07. The van der Waals surface area contributed by atoms with Gasteiger partial charge in [0.25, 0.3) is 5.91 Å². The third kappa shape index (κ3) is 5.87. The molecule has 0 aromatic heterocycles. The maximum absolute atomic E-state index is 11.8. The predicted molar refractivity (Wildman–Crippen MR) is 75.1 cm³/mol. The molecular formula is C13H20N4O2. The maximum atomic E-state index is 11.8. The molecule has 0 spiro atoms. The first kappa shape index (κ1) is 15.0. The summed E-state index contributed by atoms with van der Waals surface area (Å²) in [6.45, 7) is 4.37. The van der Waals surface area contributed by atoms with Gasteiger partial charge in [-0.05, 0) is 37.2 Å². The quantitative estimate of drug-likeness (QED) is 0.551. The second kappa shape index (κ2) is 8.10. The fourth-order valence-electron chi connectivity index (χ4n) is 1.52. The Bertz CT molecular complexity index is 417. The highest BCUT2D eigenvalue weighted by atomic mass is 16.2. The second-order valence-corrected chi connectivity index (χ2v) is 4.07. The number of amides is 3. The topological polar surface area (TPSA) is 96.2 Å². The van der Waals surface area contributed by atoms with Gasteiger partial charge in [-0.15, -0.1) is 0 Å². The summed E-state index contributed by atoms with van der Waals surface area (Å²) in [6, 6.07) is 5.92. The van der Waals surface area contributed by atoms with Gasteiger partial charge in [0.15, 0.2) is 0 Å². The summed E-state index contributed by atoms with van der Waals surface area (Å²) in [4.78, 5) is 22.4. The van der Waals surface area contributed by atoms with Crippen molar-refractivity contribution in [3.8, 4) is 0 Å². The Morgan fingerprint density at radius 3 is 2.37 bits per heavy atom. The zero-order valence-electron chi connectivity index (χ0n) is 11.0.